The number of ether oxygens (including phenoxy) is 1. The number of rotatable bonds is 8. The number of amides is 1. The second-order valence-electron chi connectivity index (χ2n) is 7.06. The molecule has 0 atom stereocenters. The van der Waals surface area contributed by atoms with E-state index in [-0.39, 0.29) is 42.7 Å². The number of H-pyrrole nitrogens is 1. The maximum absolute atomic E-state index is 12.2. The van der Waals surface area contributed by atoms with E-state index in [2.05, 4.69) is 25.4 Å². The lowest BCUT2D eigenvalue weighted by molar-refractivity contribution is -0.126. The second-order valence-corrected chi connectivity index (χ2v) is 7.06. The van der Waals surface area contributed by atoms with Crippen molar-refractivity contribution in [2.45, 2.75) is 13.0 Å². The van der Waals surface area contributed by atoms with Crippen LogP contribution in [0.3, 0.4) is 0 Å². The number of carbonyl (C=O) groups excluding carboxylic acids is 1. The summed E-state index contributed by atoms with van der Waals surface area (Å²) in [6.07, 6.45) is 0.349. The smallest absolute Gasteiger partial charge is 0.332 e. The Labute approximate surface area is 180 Å². The minimum absolute atomic E-state index is 0.00809. The Kier molecular flexibility index (Phi) is 5.94. The first-order valence-corrected chi connectivity index (χ1v) is 9.81. The van der Waals surface area contributed by atoms with Crippen molar-refractivity contribution in [2.75, 3.05) is 13.2 Å². The van der Waals surface area contributed by atoms with Crippen molar-refractivity contribution >= 4 is 17.1 Å². The molecule has 0 unspecified atom stereocenters. The predicted octanol–water partition coefficient (Wildman–Crippen LogP) is -0.114. The van der Waals surface area contributed by atoms with Gasteiger partial charge in [-0.3, -0.25) is 18.7 Å². The molecule has 3 heterocycles. The Morgan fingerprint density at radius 3 is 2.72 bits per heavy atom. The Bertz CT molecular complexity index is 1370. The maximum Gasteiger partial charge on any atom is 0.332 e. The summed E-state index contributed by atoms with van der Waals surface area (Å²) < 4.78 is 12.8. The first-order valence-electron chi connectivity index (χ1n) is 9.81. The van der Waals surface area contributed by atoms with Gasteiger partial charge in [-0.05, 0) is 0 Å². The molecule has 0 aliphatic rings. The molecule has 0 radical (unpaired) electrons. The molecular formula is C20H21N7O5. The third-order valence-electron chi connectivity index (χ3n) is 4.79. The van der Waals surface area contributed by atoms with Crippen LogP contribution in [0.25, 0.3) is 22.6 Å². The van der Waals surface area contributed by atoms with Crippen molar-refractivity contribution in [2.24, 2.45) is 14.1 Å². The van der Waals surface area contributed by atoms with Crippen LogP contribution in [0.4, 0.5) is 0 Å². The van der Waals surface area contributed by atoms with E-state index >= 15 is 0 Å². The summed E-state index contributed by atoms with van der Waals surface area (Å²) in [5.41, 5.74) is 0.438. The van der Waals surface area contributed by atoms with Gasteiger partial charge in [0.2, 0.25) is 11.7 Å². The van der Waals surface area contributed by atoms with Gasteiger partial charge in [-0.2, -0.15) is 4.98 Å². The van der Waals surface area contributed by atoms with E-state index in [1.54, 1.807) is 7.05 Å². The van der Waals surface area contributed by atoms with Crippen LogP contribution in [-0.2, 0) is 36.7 Å². The summed E-state index contributed by atoms with van der Waals surface area (Å²) in [5, 5.41) is 6.59. The van der Waals surface area contributed by atoms with E-state index in [1.807, 2.05) is 30.3 Å². The number of imidazole rings is 1. The lowest BCUT2D eigenvalue weighted by atomic mass is 10.2. The standard InChI is InChI=1S/C20H21N7O5/c1-26-18-16(19(29)27(2)20(26)30)22-13(23-18)8-9-21-14(28)10-31-11-15-24-17(25-32-15)12-6-4-3-5-7-12/h3-7H,8-11H2,1-2H3,(H,21,28)(H,22,23). The van der Waals surface area contributed by atoms with Crippen LogP contribution >= 0.6 is 0 Å². The summed E-state index contributed by atoms with van der Waals surface area (Å²) in [4.78, 5) is 47.6. The van der Waals surface area contributed by atoms with Crippen LogP contribution < -0.4 is 16.6 Å². The summed E-state index contributed by atoms with van der Waals surface area (Å²) in [6, 6.07) is 9.37. The van der Waals surface area contributed by atoms with Gasteiger partial charge in [-0.15, -0.1) is 0 Å². The minimum Gasteiger partial charge on any atom is -0.362 e. The lowest BCUT2D eigenvalue weighted by Crippen LogP contribution is -2.36. The van der Waals surface area contributed by atoms with Crippen LogP contribution in [0.15, 0.2) is 44.4 Å². The fourth-order valence-electron chi connectivity index (χ4n) is 3.11. The van der Waals surface area contributed by atoms with Crippen LogP contribution in [0.2, 0.25) is 0 Å². The van der Waals surface area contributed by atoms with Crippen LogP contribution in [0.1, 0.15) is 11.7 Å². The Morgan fingerprint density at radius 1 is 1.16 bits per heavy atom. The first-order chi connectivity index (χ1) is 15.4. The second kappa shape index (κ2) is 8.98. The number of benzene rings is 1. The fraction of sp³-hybridized carbons (Fsp3) is 0.300. The zero-order valence-electron chi connectivity index (χ0n) is 17.5. The number of nitrogens with zero attached hydrogens (tertiary/aromatic N) is 5. The van der Waals surface area contributed by atoms with Gasteiger partial charge in [-0.1, -0.05) is 35.5 Å². The van der Waals surface area contributed by atoms with Gasteiger partial charge >= 0.3 is 5.69 Å². The third kappa shape index (κ3) is 4.34. The monoisotopic (exact) mass is 439 g/mol. The van der Waals surface area contributed by atoms with Crippen molar-refractivity contribution in [1.82, 2.24) is 34.6 Å². The molecule has 4 rings (SSSR count). The highest BCUT2D eigenvalue weighted by Crippen LogP contribution is 2.14. The molecule has 166 valence electrons. The molecule has 0 saturated heterocycles. The van der Waals surface area contributed by atoms with Crippen molar-refractivity contribution in [3.05, 3.63) is 62.9 Å². The third-order valence-corrected chi connectivity index (χ3v) is 4.79. The molecule has 0 aliphatic carbocycles. The fourth-order valence-corrected chi connectivity index (χ4v) is 3.11. The number of fused-ring (bicyclic) bond motifs is 1. The predicted molar refractivity (Wildman–Crippen MR) is 113 cm³/mol. The van der Waals surface area contributed by atoms with E-state index in [0.717, 1.165) is 10.1 Å². The highest BCUT2D eigenvalue weighted by Gasteiger charge is 2.14. The maximum atomic E-state index is 12.2. The molecule has 3 aromatic heterocycles. The van der Waals surface area contributed by atoms with Crippen molar-refractivity contribution in [1.29, 1.82) is 0 Å². The molecule has 0 aliphatic heterocycles. The summed E-state index contributed by atoms with van der Waals surface area (Å²) in [6.45, 7) is 0.0986. The van der Waals surface area contributed by atoms with E-state index in [1.165, 1.54) is 11.6 Å². The molecule has 32 heavy (non-hydrogen) atoms. The molecular weight excluding hydrogens is 418 g/mol. The van der Waals surface area contributed by atoms with Gasteiger partial charge in [0, 0.05) is 32.6 Å². The van der Waals surface area contributed by atoms with Crippen molar-refractivity contribution < 1.29 is 14.1 Å². The molecule has 0 fully saturated rings. The van der Waals surface area contributed by atoms with Crippen LogP contribution in [0, 0.1) is 0 Å². The van der Waals surface area contributed by atoms with Gasteiger partial charge in [0.25, 0.3) is 11.4 Å². The van der Waals surface area contributed by atoms with Gasteiger partial charge in [-0.25, -0.2) is 9.78 Å². The number of aromatic amines is 1. The van der Waals surface area contributed by atoms with E-state index in [0.29, 0.717) is 18.1 Å². The molecule has 2 N–H and O–H groups in total. The van der Waals surface area contributed by atoms with Crippen LogP contribution in [-0.4, -0.2) is 48.3 Å². The summed E-state index contributed by atoms with van der Waals surface area (Å²) in [5.74, 6) is 0.879. The van der Waals surface area contributed by atoms with Gasteiger partial charge < -0.3 is 19.6 Å². The molecule has 12 heteroatoms. The number of aromatic nitrogens is 6. The van der Waals surface area contributed by atoms with E-state index in [4.69, 9.17) is 9.26 Å². The number of hydrogen-bond acceptors (Lipinski definition) is 8. The largest absolute Gasteiger partial charge is 0.362 e. The molecule has 0 spiro atoms. The van der Waals surface area contributed by atoms with Gasteiger partial charge in [0.1, 0.15) is 24.6 Å². The summed E-state index contributed by atoms with van der Waals surface area (Å²) >= 11 is 0. The van der Waals surface area contributed by atoms with Gasteiger partial charge in [0.15, 0.2) is 5.65 Å². The molecule has 1 aromatic carbocycles. The Morgan fingerprint density at radius 2 is 1.94 bits per heavy atom. The highest BCUT2D eigenvalue weighted by atomic mass is 16.5. The number of nitrogens with one attached hydrogen (secondary N) is 2. The van der Waals surface area contributed by atoms with E-state index < -0.39 is 11.2 Å². The van der Waals surface area contributed by atoms with Crippen molar-refractivity contribution in [3.63, 3.8) is 0 Å². The normalized spacial score (nSPS) is 11.2. The number of aryl methyl sites for hydroxylation is 1. The molecule has 0 bridgehead atoms. The molecule has 4 aromatic rings. The number of carbonyl (C=O) groups is 1. The minimum atomic E-state index is -0.455. The Balaban J connectivity index is 1.25. The zero-order chi connectivity index (χ0) is 22.7. The average Bonchev–Trinajstić information content (AvgIpc) is 3.45. The van der Waals surface area contributed by atoms with E-state index in [9.17, 15) is 14.4 Å². The average molecular weight is 439 g/mol. The number of hydrogen-bond donors (Lipinski definition) is 2. The molecule has 12 nitrogen and oxygen atoms in total. The molecule has 1 amide bonds. The topological polar surface area (TPSA) is 150 Å². The lowest BCUT2D eigenvalue weighted by Gasteiger charge is -2.03. The Hall–Kier alpha value is -4.06. The van der Waals surface area contributed by atoms with Crippen molar-refractivity contribution in [3.8, 4) is 11.4 Å². The summed E-state index contributed by atoms with van der Waals surface area (Å²) in [7, 11) is 2.95. The molecule has 0 saturated carbocycles. The highest BCUT2D eigenvalue weighted by molar-refractivity contribution is 5.77. The quantitative estimate of drug-likeness (QED) is 0.386. The SMILES string of the molecule is Cn1c(=O)c2[nH]c(CCNC(=O)COCc3nc(-c4ccccc4)no3)nc2n(C)c1=O. The van der Waals surface area contributed by atoms with Gasteiger partial charge in [0.05, 0.1) is 0 Å². The first kappa shape index (κ1) is 21.2. The van der Waals surface area contributed by atoms with Crippen LogP contribution in [0.5, 0.6) is 0 Å². The zero-order valence-corrected chi connectivity index (χ0v) is 17.5.